The first-order valence-electron chi connectivity index (χ1n) is 7.22. The molecule has 0 atom stereocenters. The summed E-state index contributed by atoms with van der Waals surface area (Å²) in [4.78, 5) is 25.8. The molecule has 1 aliphatic rings. The van der Waals surface area contributed by atoms with E-state index in [0.717, 1.165) is 32.7 Å². The Kier molecular flexibility index (Phi) is 5.89. The van der Waals surface area contributed by atoms with Crippen molar-refractivity contribution in [2.75, 3.05) is 44.6 Å². The third-order valence-electron chi connectivity index (χ3n) is 3.43. The van der Waals surface area contributed by atoms with Crippen LogP contribution in [-0.2, 0) is 9.59 Å². The number of piperazine rings is 1. The fourth-order valence-corrected chi connectivity index (χ4v) is 2.21. The van der Waals surface area contributed by atoms with E-state index in [1.807, 2.05) is 6.07 Å². The van der Waals surface area contributed by atoms with Crippen molar-refractivity contribution in [1.82, 2.24) is 15.5 Å². The van der Waals surface area contributed by atoms with Crippen molar-refractivity contribution in [1.29, 1.82) is 5.26 Å². The zero-order chi connectivity index (χ0) is 15.8. The van der Waals surface area contributed by atoms with E-state index in [2.05, 4.69) is 20.9 Å². The van der Waals surface area contributed by atoms with Gasteiger partial charge in [-0.3, -0.25) is 14.5 Å². The molecular weight excluding hydrogens is 282 g/mol. The Labute approximate surface area is 129 Å². The molecular formula is C15H19N5O2. The van der Waals surface area contributed by atoms with E-state index in [0.29, 0.717) is 17.8 Å². The van der Waals surface area contributed by atoms with Crippen LogP contribution < -0.4 is 16.0 Å². The van der Waals surface area contributed by atoms with Crippen LogP contribution in [0.1, 0.15) is 5.56 Å². The number of anilines is 1. The molecule has 7 heteroatoms. The molecule has 22 heavy (non-hydrogen) atoms. The first kappa shape index (κ1) is 15.9. The Hall–Kier alpha value is -2.43. The molecule has 0 aliphatic carbocycles. The molecule has 1 aliphatic heterocycles. The first-order chi connectivity index (χ1) is 10.7. The molecule has 7 nitrogen and oxygen atoms in total. The van der Waals surface area contributed by atoms with Crippen LogP contribution in [0.2, 0.25) is 0 Å². The Morgan fingerprint density at radius 2 is 1.95 bits per heavy atom. The van der Waals surface area contributed by atoms with Crippen molar-refractivity contribution in [3.05, 3.63) is 29.8 Å². The number of carbonyl (C=O) groups is 2. The second-order valence-corrected chi connectivity index (χ2v) is 4.96. The van der Waals surface area contributed by atoms with E-state index >= 15 is 0 Å². The van der Waals surface area contributed by atoms with E-state index < -0.39 is 11.8 Å². The summed E-state index contributed by atoms with van der Waals surface area (Å²) in [5, 5.41) is 17.2. The molecule has 2 amide bonds. The van der Waals surface area contributed by atoms with Gasteiger partial charge < -0.3 is 16.0 Å². The number of nitriles is 1. The van der Waals surface area contributed by atoms with Crippen LogP contribution in [0.3, 0.4) is 0 Å². The Bertz CT molecular complexity index is 576. The van der Waals surface area contributed by atoms with Crippen molar-refractivity contribution in [3.63, 3.8) is 0 Å². The third-order valence-corrected chi connectivity index (χ3v) is 3.43. The average molecular weight is 301 g/mol. The van der Waals surface area contributed by atoms with Gasteiger partial charge in [0.1, 0.15) is 6.07 Å². The molecule has 0 radical (unpaired) electrons. The quantitative estimate of drug-likeness (QED) is 0.653. The highest BCUT2D eigenvalue weighted by Crippen LogP contribution is 2.12. The maximum atomic E-state index is 11.8. The molecule has 1 aromatic rings. The molecule has 0 bridgehead atoms. The zero-order valence-corrected chi connectivity index (χ0v) is 12.3. The van der Waals surface area contributed by atoms with E-state index in [4.69, 9.17) is 5.26 Å². The topological polar surface area (TPSA) is 97.3 Å². The smallest absolute Gasteiger partial charge is 0.313 e. The van der Waals surface area contributed by atoms with Crippen LogP contribution in [0.15, 0.2) is 24.3 Å². The van der Waals surface area contributed by atoms with Crippen molar-refractivity contribution < 1.29 is 9.59 Å². The van der Waals surface area contributed by atoms with Crippen LogP contribution in [0.4, 0.5) is 5.69 Å². The summed E-state index contributed by atoms with van der Waals surface area (Å²) in [6.07, 6.45) is 0. The maximum Gasteiger partial charge on any atom is 0.313 e. The van der Waals surface area contributed by atoms with Crippen LogP contribution in [0.25, 0.3) is 0 Å². The summed E-state index contributed by atoms with van der Waals surface area (Å²) in [5.41, 5.74) is 0.664. The number of carbonyl (C=O) groups excluding carboxylic acids is 2. The molecule has 3 N–H and O–H groups in total. The average Bonchev–Trinajstić information content (AvgIpc) is 2.56. The molecule has 0 unspecified atom stereocenters. The van der Waals surface area contributed by atoms with Gasteiger partial charge in [0.15, 0.2) is 0 Å². The normalized spacial score (nSPS) is 14.9. The molecule has 0 saturated carbocycles. The first-order valence-corrected chi connectivity index (χ1v) is 7.22. The lowest BCUT2D eigenvalue weighted by Gasteiger charge is -2.26. The molecule has 1 aromatic carbocycles. The number of benzene rings is 1. The predicted molar refractivity (Wildman–Crippen MR) is 82.1 cm³/mol. The molecule has 0 spiro atoms. The van der Waals surface area contributed by atoms with Gasteiger partial charge in [-0.25, -0.2) is 0 Å². The Morgan fingerprint density at radius 3 is 2.68 bits per heavy atom. The fraction of sp³-hybridized carbons (Fsp3) is 0.400. The van der Waals surface area contributed by atoms with Gasteiger partial charge in [0.05, 0.1) is 11.3 Å². The van der Waals surface area contributed by atoms with E-state index in [1.165, 1.54) is 0 Å². The lowest BCUT2D eigenvalue weighted by Crippen LogP contribution is -2.47. The van der Waals surface area contributed by atoms with Gasteiger partial charge in [0.25, 0.3) is 0 Å². The lowest BCUT2D eigenvalue weighted by molar-refractivity contribution is -0.136. The lowest BCUT2D eigenvalue weighted by atomic mass is 10.2. The molecule has 116 valence electrons. The summed E-state index contributed by atoms with van der Waals surface area (Å²) in [7, 11) is 0. The van der Waals surface area contributed by atoms with E-state index in [1.54, 1.807) is 24.3 Å². The summed E-state index contributed by atoms with van der Waals surface area (Å²) in [6, 6.07) is 8.53. The number of para-hydroxylation sites is 1. The highest BCUT2D eigenvalue weighted by molar-refractivity contribution is 6.39. The highest BCUT2D eigenvalue weighted by atomic mass is 16.2. The van der Waals surface area contributed by atoms with Gasteiger partial charge in [0.2, 0.25) is 0 Å². The van der Waals surface area contributed by atoms with Gasteiger partial charge in [-0.15, -0.1) is 0 Å². The SMILES string of the molecule is N#Cc1ccccc1NC(=O)C(=O)NCCN1CCNCC1. The molecule has 2 rings (SSSR count). The second-order valence-electron chi connectivity index (χ2n) is 4.96. The van der Waals surface area contributed by atoms with Crippen molar-refractivity contribution in [2.45, 2.75) is 0 Å². The number of rotatable bonds is 4. The van der Waals surface area contributed by atoms with Gasteiger partial charge in [-0.1, -0.05) is 12.1 Å². The van der Waals surface area contributed by atoms with Crippen molar-refractivity contribution >= 4 is 17.5 Å². The third kappa shape index (κ3) is 4.55. The van der Waals surface area contributed by atoms with E-state index in [9.17, 15) is 9.59 Å². The number of nitrogens with zero attached hydrogens (tertiary/aromatic N) is 2. The Morgan fingerprint density at radius 1 is 1.23 bits per heavy atom. The van der Waals surface area contributed by atoms with Crippen LogP contribution in [0, 0.1) is 11.3 Å². The predicted octanol–water partition coefficient (Wildman–Crippen LogP) is -0.482. The van der Waals surface area contributed by atoms with Crippen LogP contribution >= 0.6 is 0 Å². The highest BCUT2D eigenvalue weighted by Gasteiger charge is 2.15. The van der Waals surface area contributed by atoms with Crippen molar-refractivity contribution in [2.24, 2.45) is 0 Å². The largest absolute Gasteiger partial charge is 0.347 e. The molecule has 0 aromatic heterocycles. The second kappa shape index (κ2) is 8.12. The summed E-state index contributed by atoms with van der Waals surface area (Å²) >= 11 is 0. The molecule has 1 saturated heterocycles. The Balaban J connectivity index is 1.77. The standard InChI is InChI=1S/C15H19N5O2/c16-11-12-3-1-2-4-13(12)19-15(22)14(21)18-7-10-20-8-5-17-6-9-20/h1-4,17H,5-10H2,(H,18,21)(H,19,22). The number of hydrogen-bond acceptors (Lipinski definition) is 5. The minimum absolute atomic E-state index is 0.324. The van der Waals surface area contributed by atoms with Gasteiger partial charge in [-0.2, -0.15) is 5.26 Å². The number of hydrogen-bond donors (Lipinski definition) is 3. The monoisotopic (exact) mass is 301 g/mol. The van der Waals surface area contributed by atoms with Crippen LogP contribution in [-0.4, -0.2) is 56.0 Å². The van der Waals surface area contributed by atoms with Gasteiger partial charge in [-0.05, 0) is 12.1 Å². The van der Waals surface area contributed by atoms with E-state index in [-0.39, 0.29) is 0 Å². The minimum Gasteiger partial charge on any atom is -0.347 e. The van der Waals surface area contributed by atoms with Gasteiger partial charge >= 0.3 is 11.8 Å². The minimum atomic E-state index is -0.761. The van der Waals surface area contributed by atoms with Crippen molar-refractivity contribution in [3.8, 4) is 6.07 Å². The van der Waals surface area contributed by atoms with Gasteiger partial charge in [0, 0.05) is 39.3 Å². The number of nitrogens with one attached hydrogen (secondary N) is 3. The van der Waals surface area contributed by atoms with Crippen LogP contribution in [0.5, 0.6) is 0 Å². The fourth-order valence-electron chi connectivity index (χ4n) is 2.21. The molecule has 1 heterocycles. The summed E-state index contributed by atoms with van der Waals surface area (Å²) in [5.74, 6) is -1.45. The maximum absolute atomic E-state index is 11.8. The summed E-state index contributed by atoms with van der Waals surface area (Å²) in [6.45, 7) is 4.91. The summed E-state index contributed by atoms with van der Waals surface area (Å²) < 4.78 is 0. The zero-order valence-electron chi connectivity index (χ0n) is 12.3. The number of amides is 2. The molecule has 1 fully saturated rings.